The van der Waals surface area contributed by atoms with Gasteiger partial charge in [-0.2, -0.15) is 0 Å². The summed E-state index contributed by atoms with van der Waals surface area (Å²) in [5.74, 6) is 0. The van der Waals surface area contributed by atoms with E-state index in [0.717, 1.165) is 0 Å². The second kappa shape index (κ2) is 26.0. The fourth-order valence-corrected chi connectivity index (χ4v) is 0. The molecule has 0 aromatic rings. The van der Waals surface area contributed by atoms with Crippen LogP contribution in [0.25, 0.3) is 0 Å². The van der Waals surface area contributed by atoms with Crippen molar-refractivity contribution in [1.82, 2.24) is 0 Å². The molecule has 1 radical (unpaired) electrons. The van der Waals surface area contributed by atoms with Crippen LogP contribution in [0.5, 0.6) is 0 Å². The molecule has 43 valence electrons. The second-order valence-electron chi connectivity index (χ2n) is 0.408. The Morgan fingerprint density at radius 1 is 1.50 bits per heavy atom. The van der Waals surface area contributed by atoms with Crippen molar-refractivity contribution in [3.63, 3.8) is 0 Å². The molecule has 0 aliphatic heterocycles. The first-order valence-electron chi connectivity index (χ1n) is 0.816. The first-order valence-corrected chi connectivity index (χ1v) is 9.66. The third-order valence-electron chi connectivity index (χ3n) is 0. The van der Waals surface area contributed by atoms with Crippen molar-refractivity contribution in [1.29, 1.82) is 0 Å². The summed E-state index contributed by atoms with van der Waals surface area (Å²) in [6, 6.07) is 0. The van der Waals surface area contributed by atoms with Gasteiger partial charge in [-0.25, -0.2) is 0 Å². The van der Waals surface area contributed by atoms with Crippen LogP contribution in [0.2, 0.25) is 5.31 Å². The molecule has 0 heterocycles. The zero-order valence-corrected chi connectivity index (χ0v) is 11.0. The van der Waals surface area contributed by atoms with E-state index in [-0.39, 0.29) is 50.9 Å². The third-order valence-corrected chi connectivity index (χ3v) is 0. The van der Waals surface area contributed by atoms with Crippen LogP contribution in [0.1, 0.15) is 0 Å². The second-order valence-corrected chi connectivity index (χ2v) is 7.25. The Morgan fingerprint density at radius 3 is 1.50 bits per heavy atom. The zero-order valence-electron chi connectivity index (χ0n) is 3.51. The predicted octanol–water partition coefficient (Wildman–Crippen LogP) is -0.610. The minimum atomic E-state index is 0. The SMILES string of the molecule is [CH3][Mo][SiH3].[Cr].[Mn].[Ni]. The summed E-state index contributed by atoms with van der Waals surface area (Å²) in [6.07, 6.45) is 0. The normalized spacial score (nSPS) is 3.50. The zero-order chi connectivity index (χ0) is 2.71. The van der Waals surface area contributed by atoms with Gasteiger partial charge in [0.05, 0.1) is 0 Å². The molecule has 0 nitrogen and oxygen atoms in total. The van der Waals surface area contributed by atoms with Crippen LogP contribution in [-0.4, -0.2) is 8.21 Å². The Hall–Kier alpha value is 2.45. The van der Waals surface area contributed by atoms with E-state index >= 15 is 0 Å². The molecule has 5 heteroatoms. The molecular weight excluding hydrogens is 302 g/mol. The molecule has 0 bridgehead atoms. The van der Waals surface area contributed by atoms with Crippen molar-refractivity contribution in [2.24, 2.45) is 0 Å². The van der Waals surface area contributed by atoms with Crippen LogP contribution >= 0.6 is 0 Å². The van der Waals surface area contributed by atoms with Crippen LogP contribution in [0, 0.1) is 0 Å². The average Bonchev–Trinajstić information content (AvgIpc) is 0.918. The van der Waals surface area contributed by atoms with E-state index in [0.29, 0.717) is 17.8 Å². The molecule has 0 aliphatic carbocycles. The molecule has 0 unspecified atom stereocenters. The molecule has 0 aromatic heterocycles. The van der Waals surface area contributed by atoms with Crippen molar-refractivity contribution in [2.45, 2.75) is 5.31 Å². The van der Waals surface area contributed by atoms with E-state index in [1.54, 1.807) is 0 Å². The van der Waals surface area contributed by atoms with Crippen molar-refractivity contribution in [2.75, 3.05) is 0 Å². The minimum Gasteiger partial charge on any atom is 0 e. The third kappa shape index (κ3) is 31.9. The minimum absolute atomic E-state index is 0. The quantitative estimate of drug-likeness (QED) is 0.524. The van der Waals surface area contributed by atoms with E-state index < -0.39 is 0 Å². The first-order chi connectivity index (χ1) is 1.41. The molecule has 0 fully saturated rings. The van der Waals surface area contributed by atoms with Gasteiger partial charge in [0.1, 0.15) is 0 Å². The molecule has 0 amide bonds. The Balaban J connectivity index is -0.00000000667. The van der Waals surface area contributed by atoms with Crippen LogP contribution in [0.4, 0.5) is 0 Å². The van der Waals surface area contributed by atoms with Crippen molar-refractivity contribution in [3.8, 4) is 0 Å². The van der Waals surface area contributed by atoms with E-state index in [2.05, 4.69) is 5.31 Å². The monoisotopic (exact) mass is 309 g/mol. The van der Waals surface area contributed by atoms with Gasteiger partial charge in [0.2, 0.25) is 0 Å². The summed E-state index contributed by atoms with van der Waals surface area (Å²) < 4.78 is 0. The maximum absolute atomic E-state index is 2.32. The summed E-state index contributed by atoms with van der Waals surface area (Å²) >= 11 is 0.609. The smallest absolute Gasteiger partial charge is 0 e. The molecule has 0 aromatic carbocycles. The number of hydrogen-bond donors (Lipinski definition) is 0. The summed E-state index contributed by atoms with van der Waals surface area (Å²) in [5.41, 5.74) is 0. The molecule has 0 N–H and O–H groups in total. The van der Waals surface area contributed by atoms with Gasteiger partial charge >= 0.3 is 31.4 Å². The summed E-state index contributed by atoms with van der Waals surface area (Å²) in [4.78, 5) is 0. The Labute approximate surface area is 81.3 Å². The fraction of sp³-hybridized carbons (Fsp3) is 1.00. The standard InChI is InChI=1S/CH3.Cr.Mn.Mo.Ni.H3Si/h1H3;;;;;1H3. The van der Waals surface area contributed by atoms with E-state index in [1.165, 1.54) is 8.21 Å². The summed E-state index contributed by atoms with van der Waals surface area (Å²) in [5, 5.41) is 2.32. The van der Waals surface area contributed by atoms with Gasteiger partial charge in [0.15, 0.2) is 0 Å². The number of rotatable bonds is 0. The molecule has 0 rings (SSSR count). The van der Waals surface area contributed by atoms with Gasteiger partial charge < -0.3 is 0 Å². The maximum Gasteiger partial charge on any atom is 0 e. The van der Waals surface area contributed by atoms with E-state index in [1.807, 2.05) is 0 Å². The Bertz CT molecular complexity index is 15.5. The van der Waals surface area contributed by atoms with Gasteiger partial charge in [-0.3, -0.25) is 0 Å². The summed E-state index contributed by atoms with van der Waals surface area (Å²) in [6.45, 7) is 0. The Morgan fingerprint density at radius 2 is 1.50 bits per heavy atom. The molecule has 0 saturated carbocycles. The van der Waals surface area contributed by atoms with Crippen molar-refractivity contribution < 1.29 is 68.8 Å². The van der Waals surface area contributed by atoms with Crippen LogP contribution in [0.3, 0.4) is 0 Å². The predicted molar refractivity (Wildman–Crippen MR) is 15.8 cm³/mol. The largest absolute Gasteiger partial charge is 0 e. The van der Waals surface area contributed by atoms with Gasteiger partial charge in [-0.1, -0.05) is 0 Å². The van der Waals surface area contributed by atoms with Crippen LogP contribution in [0.15, 0.2) is 0 Å². The maximum atomic E-state index is 2.32. The Kier molecular flexibility index (Phi) is 103. The first kappa shape index (κ1) is 23.7. The van der Waals surface area contributed by atoms with E-state index in [4.69, 9.17) is 0 Å². The molecule has 0 aliphatic rings. The van der Waals surface area contributed by atoms with Crippen LogP contribution in [-0.2, 0) is 68.8 Å². The van der Waals surface area contributed by atoms with Crippen molar-refractivity contribution >= 4 is 8.21 Å². The fourth-order valence-electron chi connectivity index (χ4n) is 0. The van der Waals surface area contributed by atoms with Gasteiger partial charge in [-0.15, -0.1) is 0 Å². The van der Waals surface area contributed by atoms with Gasteiger partial charge in [0, 0.05) is 50.9 Å². The summed E-state index contributed by atoms with van der Waals surface area (Å²) in [7, 11) is 1.50. The molecular formula is CH6CrMnMoNiSi. The van der Waals surface area contributed by atoms with Gasteiger partial charge in [-0.05, 0) is 0 Å². The molecule has 0 saturated heterocycles. The molecule has 6 heavy (non-hydrogen) atoms. The molecule has 0 atom stereocenters. The topological polar surface area (TPSA) is 0 Å². The average molecular weight is 308 g/mol. The molecule has 0 spiro atoms. The van der Waals surface area contributed by atoms with Gasteiger partial charge in [0.25, 0.3) is 0 Å². The van der Waals surface area contributed by atoms with E-state index in [9.17, 15) is 0 Å². The number of hydrogen-bond acceptors (Lipinski definition) is 0. The van der Waals surface area contributed by atoms with Crippen LogP contribution < -0.4 is 0 Å². The van der Waals surface area contributed by atoms with Crippen molar-refractivity contribution in [3.05, 3.63) is 0 Å².